The Morgan fingerprint density at radius 1 is 1.69 bits per heavy atom. The number of hydrogen-bond donors (Lipinski definition) is 1. The fourth-order valence-corrected chi connectivity index (χ4v) is 1.40. The van der Waals surface area contributed by atoms with Crippen LogP contribution in [0.1, 0.15) is 0 Å². The van der Waals surface area contributed by atoms with Crippen LogP contribution in [-0.4, -0.2) is 20.7 Å². The highest BCUT2D eigenvalue weighted by molar-refractivity contribution is 5.88. The first-order chi connectivity index (χ1) is 7.72. The first-order valence-electron chi connectivity index (χ1n) is 4.36. The van der Waals surface area contributed by atoms with E-state index >= 15 is 0 Å². The zero-order valence-corrected chi connectivity index (χ0v) is 8.11. The van der Waals surface area contributed by atoms with Gasteiger partial charge in [-0.25, -0.2) is 0 Å². The molecule has 0 fully saturated rings. The van der Waals surface area contributed by atoms with Crippen LogP contribution >= 0.6 is 0 Å². The molecule has 2 aromatic rings. The van der Waals surface area contributed by atoms with Crippen LogP contribution in [0.15, 0.2) is 23.6 Å². The van der Waals surface area contributed by atoms with Gasteiger partial charge in [0.25, 0.3) is 0 Å². The molecular formula is C8H7N7O. The van der Waals surface area contributed by atoms with Crippen LogP contribution in [0.2, 0.25) is 0 Å². The fraction of sp³-hybridized carbons (Fsp3) is 0.125. The van der Waals surface area contributed by atoms with Crippen molar-refractivity contribution in [1.29, 1.82) is 0 Å². The van der Waals surface area contributed by atoms with Gasteiger partial charge in [0.15, 0.2) is 5.82 Å². The summed E-state index contributed by atoms with van der Waals surface area (Å²) in [6, 6.07) is 1.70. The maximum atomic E-state index is 10.8. The average molecular weight is 217 g/mol. The molecule has 8 nitrogen and oxygen atoms in total. The molecule has 0 atom stereocenters. The first-order valence-corrected chi connectivity index (χ1v) is 4.36. The standard InChI is InChI=1S/C8H7N7O/c9-6(16)4-15-7-5(3-12-15)1-2-11-8(7)13-14-10/h1-3H,4H2,(H2,9,16). The Kier molecular flexibility index (Phi) is 2.40. The number of primary amides is 1. The van der Waals surface area contributed by atoms with Gasteiger partial charge >= 0.3 is 0 Å². The molecule has 0 unspecified atom stereocenters. The Morgan fingerprint density at radius 2 is 2.50 bits per heavy atom. The van der Waals surface area contributed by atoms with Crippen LogP contribution < -0.4 is 5.73 Å². The predicted molar refractivity (Wildman–Crippen MR) is 55.5 cm³/mol. The fourth-order valence-electron chi connectivity index (χ4n) is 1.40. The van der Waals surface area contributed by atoms with Crippen molar-refractivity contribution in [2.24, 2.45) is 10.8 Å². The van der Waals surface area contributed by atoms with Gasteiger partial charge in [-0.1, -0.05) is 0 Å². The number of carbonyl (C=O) groups is 1. The Hall–Kier alpha value is -2.60. The van der Waals surface area contributed by atoms with Crippen molar-refractivity contribution < 1.29 is 4.79 Å². The second-order valence-electron chi connectivity index (χ2n) is 3.03. The Labute approximate surface area is 89.3 Å². The van der Waals surface area contributed by atoms with Crippen molar-refractivity contribution in [2.45, 2.75) is 6.54 Å². The lowest BCUT2D eigenvalue weighted by molar-refractivity contribution is -0.118. The number of aromatic nitrogens is 3. The van der Waals surface area contributed by atoms with E-state index in [4.69, 9.17) is 11.3 Å². The summed E-state index contributed by atoms with van der Waals surface area (Å²) in [6.07, 6.45) is 3.05. The summed E-state index contributed by atoms with van der Waals surface area (Å²) in [7, 11) is 0. The van der Waals surface area contributed by atoms with Gasteiger partial charge in [0.05, 0.1) is 11.7 Å². The Balaban J connectivity index is 2.67. The summed E-state index contributed by atoms with van der Waals surface area (Å²) in [5.41, 5.74) is 14.0. The van der Waals surface area contributed by atoms with E-state index < -0.39 is 5.91 Å². The molecule has 8 heteroatoms. The van der Waals surface area contributed by atoms with Gasteiger partial charge < -0.3 is 5.73 Å². The van der Waals surface area contributed by atoms with E-state index in [2.05, 4.69) is 20.1 Å². The summed E-state index contributed by atoms with van der Waals surface area (Å²) < 4.78 is 1.36. The van der Waals surface area contributed by atoms with E-state index in [1.165, 1.54) is 10.9 Å². The number of fused-ring (bicyclic) bond motifs is 1. The molecule has 0 bridgehead atoms. The molecule has 2 N–H and O–H groups in total. The van der Waals surface area contributed by atoms with Gasteiger partial charge in [-0.05, 0) is 16.7 Å². The lowest BCUT2D eigenvalue weighted by Gasteiger charge is -2.01. The summed E-state index contributed by atoms with van der Waals surface area (Å²) in [4.78, 5) is 17.4. The third-order valence-corrected chi connectivity index (χ3v) is 1.98. The molecule has 2 rings (SSSR count). The van der Waals surface area contributed by atoms with Gasteiger partial charge in [-0.15, -0.1) is 0 Å². The number of azide groups is 1. The molecule has 80 valence electrons. The molecule has 0 aromatic carbocycles. The number of nitrogens with zero attached hydrogens (tertiary/aromatic N) is 6. The molecule has 1 amide bonds. The second-order valence-corrected chi connectivity index (χ2v) is 3.03. The van der Waals surface area contributed by atoms with Crippen molar-refractivity contribution in [1.82, 2.24) is 14.8 Å². The molecule has 0 saturated heterocycles. The maximum Gasteiger partial charge on any atom is 0.239 e. The van der Waals surface area contributed by atoms with Crippen LogP contribution in [0, 0.1) is 0 Å². The second kappa shape index (κ2) is 3.87. The lowest BCUT2D eigenvalue weighted by Crippen LogP contribution is -2.19. The molecule has 16 heavy (non-hydrogen) atoms. The van der Waals surface area contributed by atoms with Crippen molar-refractivity contribution in [3.8, 4) is 0 Å². The van der Waals surface area contributed by atoms with Crippen molar-refractivity contribution in [3.05, 3.63) is 28.9 Å². The lowest BCUT2D eigenvalue weighted by atomic mass is 10.3. The number of pyridine rings is 1. The minimum absolute atomic E-state index is 0.0802. The van der Waals surface area contributed by atoms with Crippen LogP contribution in [0.5, 0.6) is 0 Å². The zero-order valence-electron chi connectivity index (χ0n) is 8.11. The largest absolute Gasteiger partial charge is 0.368 e. The highest BCUT2D eigenvalue weighted by atomic mass is 16.1. The molecule has 0 radical (unpaired) electrons. The van der Waals surface area contributed by atoms with E-state index in [1.807, 2.05) is 0 Å². The van der Waals surface area contributed by atoms with Crippen LogP contribution in [-0.2, 0) is 11.3 Å². The highest BCUT2D eigenvalue weighted by Gasteiger charge is 2.09. The molecular weight excluding hydrogens is 210 g/mol. The van der Waals surface area contributed by atoms with E-state index in [9.17, 15) is 4.79 Å². The highest BCUT2D eigenvalue weighted by Crippen LogP contribution is 2.22. The van der Waals surface area contributed by atoms with Crippen LogP contribution in [0.3, 0.4) is 0 Å². The summed E-state index contributed by atoms with van der Waals surface area (Å²) in [5, 5.41) is 8.14. The molecule has 0 aliphatic rings. The number of nitrogens with two attached hydrogens (primary N) is 1. The first kappa shape index (κ1) is 9.94. The molecule has 2 heterocycles. The van der Waals surface area contributed by atoms with E-state index in [-0.39, 0.29) is 12.4 Å². The SMILES string of the molecule is [N-]=[N+]=Nc1nccc2cnn(CC(N)=O)c12. The quantitative estimate of drug-likeness (QED) is 0.465. The summed E-state index contributed by atoms with van der Waals surface area (Å²) >= 11 is 0. The molecule has 0 aliphatic carbocycles. The van der Waals surface area contributed by atoms with Gasteiger partial charge in [0, 0.05) is 16.5 Å². The molecule has 0 aliphatic heterocycles. The van der Waals surface area contributed by atoms with Crippen molar-refractivity contribution in [2.75, 3.05) is 0 Å². The van der Waals surface area contributed by atoms with Gasteiger partial charge in [-0.3, -0.25) is 14.5 Å². The zero-order chi connectivity index (χ0) is 11.5. The van der Waals surface area contributed by atoms with Gasteiger partial charge in [0.1, 0.15) is 6.54 Å². The van der Waals surface area contributed by atoms with Crippen LogP contribution in [0.4, 0.5) is 5.82 Å². The molecule has 2 aromatic heterocycles. The molecule has 0 saturated carbocycles. The predicted octanol–water partition coefficient (Wildman–Crippen LogP) is 0.858. The number of carbonyl (C=O) groups excluding carboxylic acids is 1. The van der Waals surface area contributed by atoms with Crippen LogP contribution in [0.25, 0.3) is 21.3 Å². The van der Waals surface area contributed by atoms with Gasteiger partial charge in [-0.2, -0.15) is 5.10 Å². The normalized spacial score (nSPS) is 10.0. The number of hydrogen-bond acceptors (Lipinski definition) is 4. The maximum absolute atomic E-state index is 10.8. The average Bonchev–Trinajstić information content (AvgIpc) is 2.62. The topological polar surface area (TPSA) is 123 Å². The molecule has 0 spiro atoms. The summed E-state index contributed by atoms with van der Waals surface area (Å²) in [6.45, 7) is -0.0802. The third kappa shape index (κ3) is 1.64. The van der Waals surface area contributed by atoms with Gasteiger partial charge in [0.2, 0.25) is 5.91 Å². The Bertz CT molecular complexity index is 595. The smallest absolute Gasteiger partial charge is 0.239 e. The van der Waals surface area contributed by atoms with E-state index in [0.717, 1.165) is 5.39 Å². The number of rotatable bonds is 3. The Morgan fingerprint density at radius 3 is 3.19 bits per heavy atom. The van der Waals surface area contributed by atoms with E-state index in [0.29, 0.717) is 5.52 Å². The summed E-state index contributed by atoms with van der Waals surface area (Å²) in [5.74, 6) is -0.348. The minimum atomic E-state index is -0.527. The monoisotopic (exact) mass is 217 g/mol. The van der Waals surface area contributed by atoms with Crippen molar-refractivity contribution >= 4 is 22.6 Å². The van der Waals surface area contributed by atoms with E-state index in [1.54, 1.807) is 12.3 Å². The minimum Gasteiger partial charge on any atom is -0.368 e. The van der Waals surface area contributed by atoms with Crippen molar-refractivity contribution in [3.63, 3.8) is 0 Å². The third-order valence-electron chi connectivity index (χ3n) is 1.98. The number of amides is 1.